The van der Waals surface area contributed by atoms with Crippen LogP contribution in [0, 0.1) is 6.92 Å². The molecule has 9 heteroatoms. The van der Waals surface area contributed by atoms with Gasteiger partial charge >= 0.3 is 0 Å². The van der Waals surface area contributed by atoms with E-state index in [9.17, 15) is 0 Å². The third-order valence-electron chi connectivity index (χ3n) is 3.87. The van der Waals surface area contributed by atoms with Gasteiger partial charge in [0.15, 0.2) is 5.96 Å². The Morgan fingerprint density at radius 2 is 1.97 bits per heavy atom. The standard InChI is InChI=1S/C20H22ClN5O2.HI/c1-14-6-8-17(9-7-14)27-11-10-23-20(22-2)24-13-18-25-19(26-28-18)15-4-3-5-16(21)12-15;/h3-9,12H,10-11,13H2,1-2H3,(H2,22,23,24);1H. The van der Waals surface area contributed by atoms with E-state index in [4.69, 9.17) is 20.9 Å². The Kier molecular flexibility index (Phi) is 9.20. The van der Waals surface area contributed by atoms with Crippen molar-refractivity contribution in [2.75, 3.05) is 20.2 Å². The first-order chi connectivity index (χ1) is 13.6. The van der Waals surface area contributed by atoms with E-state index < -0.39 is 0 Å². The van der Waals surface area contributed by atoms with Crippen molar-refractivity contribution in [3.8, 4) is 17.1 Å². The monoisotopic (exact) mass is 527 g/mol. The smallest absolute Gasteiger partial charge is 0.246 e. The van der Waals surface area contributed by atoms with E-state index in [2.05, 4.69) is 25.8 Å². The number of aromatic nitrogens is 2. The molecule has 3 aromatic rings. The molecule has 2 N–H and O–H groups in total. The molecule has 1 aromatic heterocycles. The summed E-state index contributed by atoms with van der Waals surface area (Å²) >= 11 is 6.00. The molecule has 0 saturated carbocycles. The first-order valence-corrected chi connectivity index (χ1v) is 9.24. The van der Waals surface area contributed by atoms with E-state index in [0.29, 0.717) is 42.4 Å². The number of benzene rings is 2. The summed E-state index contributed by atoms with van der Waals surface area (Å²) in [4.78, 5) is 8.53. The quantitative estimate of drug-likeness (QED) is 0.209. The topological polar surface area (TPSA) is 84.6 Å². The van der Waals surface area contributed by atoms with Crippen molar-refractivity contribution >= 4 is 41.5 Å². The molecule has 0 amide bonds. The molecule has 0 aliphatic carbocycles. The van der Waals surface area contributed by atoms with Crippen molar-refractivity contribution in [1.29, 1.82) is 0 Å². The van der Waals surface area contributed by atoms with Gasteiger partial charge in [0.1, 0.15) is 12.4 Å². The van der Waals surface area contributed by atoms with Gasteiger partial charge in [0, 0.05) is 17.6 Å². The minimum absolute atomic E-state index is 0. The maximum atomic E-state index is 6.00. The number of nitrogens with zero attached hydrogens (tertiary/aromatic N) is 3. The molecular formula is C20H23ClIN5O2. The van der Waals surface area contributed by atoms with Gasteiger partial charge in [-0.15, -0.1) is 24.0 Å². The van der Waals surface area contributed by atoms with Crippen LogP contribution in [0.4, 0.5) is 0 Å². The number of hydrogen-bond donors (Lipinski definition) is 2. The summed E-state index contributed by atoms with van der Waals surface area (Å²) in [6.07, 6.45) is 0. The lowest BCUT2D eigenvalue weighted by atomic mass is 10.2. The first kappa shape index (κ1) is 23.0. The van der Waals surface area contributed by atoms with Gasteiger partial charge in [-0.3, -0.25) is 4.99 Å². The molecule has 0 aliphatic heterocycles. The fourth-order valence-electron chi connectivity index (χ4n) is 2.42. The van der Waals surface area contributed by atoms with Crippen LogP contribution in [-0.4, -0.2) is 36.3 Å². The number of rotatable bonds is 7. The number of guanidine groups is 1. The summed E-state index contributed by atoms with van der Waals surface area (Å²) in [6, 6.07) is 15.3. The summed E-state index contributed by atoms with van der Waals surface area (Å²) in [5, 5.41) is 10.9. The zero-order valence-electron chi connectivity index (χ0n) is 16.2. The molecular weight excluding hydrogens is 505 g/mol. The van der Waals surface area contributed by atoms with Gasteiger partial charge in [0.25, 0.3) is 0 Å². The maximum Gasteiger partial charge on any atom is 0.246 e. The number of halogens is 2. The second-order valence-corrected chi connectivity index (χ2v) is 6.47. The molecule has 0 fully saturated rings. The zero-order valence-corrected chi connectivity index (χ0v) is 19.3. The van der Waals surface area contributed by atoms with E-state index >= 15 is 0 Å². The lowest BCUT2D eigenvalue weighted by Gasteiger charge is -2.11. The van der Waals surface area contributed by atoms with Crippen LogP contribution in [0.2, 0.25) is 5.02 Å². The minimum atomic E-state index is 0. The second kappa shape index (κ2) is 11.6. The number of nitrogens with one attached hydrogen (secondary N) is 2. The van der Waals surface area contributed by atoms with Crippen LogP contribution in [0.1, 0.15) is 11.5 Å². The van der Waals surface area contributed by atoms with E-state index in [1.165, 1.54) is 5.56 Å². The van der Waals surface area contributed by atoms with Gasteiger partial charge < -0.3 is 19.9 Å². The van der Waals surface area contributed by atoms with Crippen molar-refractivity contribution < 1.29 is 9.26 Å². The predicted molar refractivity (Wildman–Crippen MR) is 125 cm³/mol. The van der Waals surface area contributed by atoms with E-state index in [-0.39, 0.29) is 24.0 Å². The number of ether oxygens (including phenoxy) is 1. The SMILES string of the molecule is CN=C(NCCOc1ccc(C)cc1)NCc1nc(-c2cccc(Cl)c2)no1.I. The molecule has 0 radical (unpaired) electrons. The highest BCUT2D eigenvalue weighted by Crippen LogP contribution is 2.19. The highest BCUT2D eigenvalue weighted by atomic mass is 127. The number of aryl methyl sites for hydroxylation is 1. The van der Waals surface area contributed by atoms with Crippen LogP contribution in [0.5, 0.6) is 5.75 Å². The first-order valence-electron chi connectivity index (χ1n) is 8.86. The number of aliphatic imine (C=N–C) groups is 1. The third kappa shape index (κ3) is 7.21. The fourth-order valence-corrected chi connectivity index (χ4v) is 2.61. The average molecular weight is 528 g/mol. The van der Waals surface area contributed by atoms with Gasteiger partial charge in [0.05, 0.1) is 13.1 Å². The fraction of sp³-hybridized carbons (Fsp3) is 0.250. The highest BCUT2D eigenvalue weighted by Gasteiger charge is 2.09. The summed E-state index contributed by atoms with van der Waals surface area (Å²) in [7, 11) is 1.70. The lowest BCUT2D eigenvalue weighted by Crippen LogP contribution is -2.38. The van der Waals surface area contributed by atoms with E-state index in [1.54, 1.807) is 19.2 Å². The summed E-state index contributed by atoms with van der Waals surface area (Å²) in [6.45, 7) is 3.52. The Labute approximate surface area is 191 Å². The highest BCUT2D eigenvalue weighted by molar-refractivity contribution is 14.0. The summed E-state index contributed by atoms with van der Waals surface area (Å²) < 4.78 is 11.0. The molecule has 3 rings (SSSR count). The molecule has 29 heavy (non-hydrogen) atoms. The molecule has 7 nitrogen and oxygen atoms in total. The molecule has 154 valence electrons. The average Bonchev–Trinajstić information content (AvgIpc) is 3.18. The van der Waals surface area contributed by atoms with Gasteiger partial charge in [-0.2, -0.15) is 4.98 Å². The van der Waals surface area contributed by atoms with E-state index in [0.717, 1.165) is 11.3 Å². The summed E-state index contributed by atoms with van der Waals surface area (Å²) in [5.74, 6) is 2.41. The molecule has 0 bridgehead atoms. The molecule has 2 aromatic carbocycles. The van der Waals surface area contributed by atoms with Crippen molar-refractivity contribution in [1.82, 2.24) is 20.8 Å². The van der Waals surface area contributed by atoms with Gasteiger partial charge in [-0.05, 0) is 31.2 Å². The van der Waals surface area contributed by atoms with Crippen molar-refractivity contribution in [2.45, 2.75) is 13.5 Å². The van der Waals surface area contributed by atoms with Gasteiger partial charge in [-0.1, -0.05) is 46.6 Å². The van der Waals surface area contributed by atoms with Crippen LogP contribution in [-0.2, 0) is 6.54 Å². The Balaban J connectivity index is 0.00000300. The largest absolute Gasteiger partial charge is 0.492 e. The van der Waals surface area contributed by atoms with Gasteiger partial charge in [0.2, 0.25) is 11.7 Å². The predicted octanol–water partition coefficient (Wildman–Crippen LogP) is 4.06. The van der Waals surface area contributed by atoms with Crippen molar-refractivity contribution in [3.63, 3.8) is 0 Å². The van der Waals surface area contributed by atoms with E-state index in [1.807, 2.05) is 43.3 Å². The Morgan fingerprint density at radius 3 is 2.69 bits per heavy atom. The van der Waals surface area contributed by atoms with Crippen LogP contribution in [0.25, 0.3) is 11.4 Å². The minimum Gasteiger partial charge on any atom is -0.492 e. The molecule has 1 heterocycles. The molecule has 0 saturated heterocycles. The summed E-state index contributed by atoms with van der Waals surface area (Å²) in [5.41, 5.74) is 2.01. The molecule has 0 unspecified atom stereocenters. The van der Waals surface area contributed by atoms with Gasteiger partial charge in [-0.25, -0.2) is 0 Å². The normalized spacial score (nSPS) is 10.9. The second-order valence-electron chi connectivity index (χ2n) is 6.04. The molecule has 0 spiro atoms. The van der Waals surface area contributed by atoms with Crippen molar-refractivity contribution in [2.24, 2.45) is 4.99 Å². The van der Waals surface area contributed by atoms with Crippen LogP contribution >= 0.6 is 35.6 Å². The third-order valence-corrected chi connectivity index (χ3v) is 4.10. The Hall–Kier alpha value is -2.33. The zero-order chi connectivity index (χ0) is 19.8. The van der Waals surface area contributed by atoms with Crippen molar-refractivity contribution in [3.05, 3.63) is 65.0 Å². The lowest BCUT2D eigenvalue weighted by molar-refractivity contribution is 0.321. The molecule has 0 aliphatic rings. The Morgan fingerprint density at radius 1 is 1.17 bits per heavy atom. The van der Waals surface area contributed by atoms with Crippen LogP contribution < -0.4 is 15.4 Å². The molecule has 0 atom stereocenters. The van der Waals surface area contributed by atoms with Crippen LogP contribution in [0.15, 0.2) is 58.0 Å². The maximum absolute atomic E-state index is 6.00. The Bertz CT molecular complexity index is 931. The number of hydrogen-bond acceptors (Lipinski definition) is 5. The van der Waals surface area contributed by atoms with Crippen LogP contribution in [0.3, 0.4) is 0 Å².